The van der Waals surface area contributed by atoms with Crippen LogP contribution in [0.4, 0.5) is 26.2 Å². The summed E-state index contributed by atoms with van der Waals surface area (Å²) in [5, 5.41) is 10.2. The van der Waals surface area contributed by atoms with E-state index in [2.05, 4.69) is 42.3 Å². The SMILES string of the molecule is Cc1cc(Nc2cc(N3CCN(C)CC3)nc(-c3ccc(F)c(F)c3)n2)n[nH]1. The van der Waals surface area contributed by atoms with Gasteiger partial charge in [0.2, 0.25) is 0 Å². The van der Waals surface area contributed by atoms with Crippen LogP contribution in [0.15, 0.2) is 30.3 Å². The number of piperazine rings is 1. The van der Waals surface area contributed by atoms with Crippen molar-refractivity contribution in [1.29, 1.82) is 0 Å². The molecule has 3 aromatic rings. The van der Waals surface area contributed by atoms with Crippen LogP contribution >= 0.6 is 0 Å². The predicted molar refractivity (Wildman–Crippen MR) is 104 cm³/mol. The van der Waals surface area contributed by atoms with E-state index in [-0.39, 0.29) is 0 Å². The van der Waals surface area contributed by atoms with Crippen LogP contribution in [0.3, 0.4) is 0 Å². The molecule has 1 aliphatic rings. The average Bonchev–Trinajstić information content (AvgIpc) is 3.09. The van der Waals surface area contributed by atoms with Crippen LogP contribution in [0.5, 0.6) is 0 Å². The molecule has 2 N–H and O–H groups in total. The smallest absolute Gasteiger partial charge is 0.163 e. The van der Waals surface area contributed by atoms with E-state index in [0.29, 0.717) is 23.0 Å². The first-order chi connectivity index (χ1) is 13.5. The first-order valence-electron chi connectivity index (χ1n) is 9.05. The lowest BCUT2D eigenvalue weighted by Crippen LogP contribution is -2.44. The Bertz CT molecular complexity index is 980. The summed E-state index contributed by atoms with van der Waals surface area (Å²) < 4.78 is 27.1. The Morgan fingerprint density at radius 2 is 1.75 bits per heavy atom. The lowest BCUT2D eigenvalue weighted by Gasteiger charge is -2.33. The Balaban J connectivity index is 1.72. The van der Waals surface area contributed by atoms with Gasteiger partial charge in [-0.05, 0) is 32.2 Å². The highest BCUT2D eigenvalue weighted by Gasteiger charge is 2.18. The normalized spacial score (nSPS) is 15.1. The monoisotopic (exact) mass is 385 g/mol. The number of aryl methyl sites for hydroxylation is 1. The largest absolute Gasteiger partial charge is 0.354 e. The highest BCUT2D eigenvalue weighted by atomic mass is 19.2. The lowest BCUT2D eigenvalue weighted by atomic mass is 10.2. The van der Waals surface area contributed by atoms with E-state index in [0.717, 1.165) is 49.8 Å². The van der Waals surface area contributed by atoms with Crippen molar-refractivity contribution < 1.29 is 8.78 Å². The van der Waals surface area contributed by atoms with Gasteiger partial charge >= 0.3 is 0 Å². The maximum atomic E-state index is 13.7. The average molecular weight is 385 g/mol. The molecular formula is C19H21F2N7. The van der Waals surface area contributed by atoms with Crippen LogP contribution in [0.25, 0.3) is 11.4 Å². The van der Waals surface area contributed by atoms with Crippen molar-refractivity contribution in [1.82, 2.24) is 25.1 Å². The summed E-state index contributed by atoms with van der Waals surface area (Å²) in [7, 11) is 2.08. The summed E-state index contributed by atoms with van der Waals surface area (Å²) in [5.74, 6) is 0.391. The van der Waals surface area contributed by atoms with Crippen LogP contribution in [0.1, 0.15) is 5.69 Å². The summed E-state index contributed by atoms with van der Waals surface area (Å²) in [6.07, 6.45) is 0. The predicted octanol–water partition coefficient (Wildman–Crippen LogP) is 2.95. The molecule has 2 aromatic heterocycles. The number of hydrogen-bond acceptors (Lipinski definition) is 6. The van der Waals surface area contributed by atoms with Crippen LogP contribution in [-0.4, -0.2) is 58.3 Å². The van der Waals surface area contributed by atoms with Gasteiger partial charge in [-0.15, -0.1) is 0 Å². The molecule has 0 radical (unpaired) electrons. The van der Waals surface area contributed by atoms with Gasteiger partial charge in [0, 0.05) is 49.6 Å². The fraction of sp³-hybridized carbons (Fsp3) is 0.316. The zero-order valence-electron chi connectivity index (χ0n) is 15.7. The number of hydrogen-bond donors (Lipinski definition) is 2. The Morgan fingerprint density at radius 3 is 2.43 bits per heavy atom. The lowest BCUT2D eigenvalue weighted by molar-refractivity contribution is 0.312. The van der Waals surface area contributed by atoms with Gasteiger partial charge in [0.1, 0.15) is 11.6 Å². The Kier molecular flexibility index (Phi) is 4.91. The molecule has 1 saturated heterocycles. The minimum absolute atomic E-state index is 0.324. The molecule has 1 fully saturated rings. The molecule has 146 valence electrons. The number of aromatic nitrogens is 4. The van der Waals surface area contributed by atoms with E-state index in [4.69, 9.17) is 0 Å². The van der Waals surface area contributed by atoms with Gasteiger partial charge in [-0.2, -0.15) is 5.10 Å². The minimum atomic E-state index is -0.927. The Labute approximate surface area is 161 Å². The highest BCUT2D eigenvalue weighted by Crippen LogP contribution is 2.26. The van der Waals surface area contributed by atoms with E-state index < -0.39 is 11.6 Å². The summed E-state index contributed by atoms with van der Waals surface area (Å²) in [6, 6.07) is 7.37. The maximum Gasteiger partial charge on any atom is 0.163 e. The van der Waals surface area contributed by atoms with E-state index in [1.807, 2.05) is 19.1 Å². The number of likely N-dealkylation sites (N-methyl/N-ethyl adjacent to an activating group) is 1. The number of H-pyrrole nitrogens is 1. The topological polar surface area (TPSA) is 73.0 Å². The van der Waals surface area contributed by atoms with Crippen molar-refractivity contribution >= 4 is 17.5 Å². The molecule has 4 rings (SSSR count). The standard InChI is InChI=1S/C19H21F2N7/c1-12-9-17(26-25-12)22-16-11-18(28-7-5-27(2)6-8-28)24-19(23-16)13-3-4-14(20)15(21)10-13/h3-4,9-11H,5-8H2,1-2H3,(H2,22,23,24,25,26). The number of anilines is 3. The second kappa shape index (κ2) is 7.51. The van der Waals surface area contributed by atoms with Crippen molar-refractivity contribution in [3.63, 3.8) is 0 Å². The number of benzene rings is 1. The molecule has 1 aromatic carbocycles. The van der Waals surface area contributed by atoms with Crippen molar-refractivity contribution in [2.24, 2.45) is 0 Å². The third kappa shape index (κ3) is 3.94. The van der Waals surface area contributed by atoms with Crippen molar-refractivity contribution in [2.45, 2.75) is 6.92 Å². The van der Waals surface area contributed by atoms with Crippen LogP contribution < -0.4 is 10.2 Å². The van der Waals surface area contributed by atoms with E-state index >= 15 is 0 Å². The van der Waals surface area contributed by atoms with Gasteiger partial charge in [-0.25, -0.2) is 18.7 Å². The van der Waals surface area contributed by atoms with Crippen LogP contribution in [-0.2, 0) is 0 Å². The molecule has 0 bridgehead atoms. The molecule has 3 heterocycles. The summed E-state index contributed by atoms with van der Waals surface area (Å²) in [4.78, 5) is 13.5. The fourth-order valence-corrected chi connectivity index (χ4v) is 3.07. The second-order valence-electron chi connectivity index (χ2n) is 6.92. The van der Waals surface area contributed by atoms with E-state index in [9.17, 15) is 8.78 Å². The van der Waals surface area contributed by atoms with Gasteiger partial charge < -0.3 is 15.1 Å². The molecule has 0 saturated carbocycles. The Morgan fingerprint density at radius 1 is 0.964 bits per heavy atom. The van der Waals surface area contributed by atoms with E-state index in [1.165, 1.54) is 6.07 Å². The maximum absolute atomic E-state index is 13.7. The molecule has 28 heavy (non-hydrogen) atoms. The summed E-state index contributed by atoms with van der Waals surface area (Å²) in [6.45, 7) is 5.40. The van der Waals surface area contributed by atoms with Crippen molar-refractivity contribution in [3.8, 4) is 11.4 Å². The zero-order valence-corrected chi connectivity index (χ0v) is 15.7. The highest BCUT2D eigenvalue weighted by molar-refractivity contribution is 5.64. The summed E-state index contributed by atoms with van der Waals surface area (Å²) >= 11 is 0. The molecular weight excluding hydrogens is 364 g/mol. The molecule has 1 aliphatic heterocycles. The number of rotatable bonds is 4. The molecule has 0 unspecified atom stereocenters. The van der Waals surface area contributed by atoms with Crippen LogP contribution in [0.2, 0.25) is 0 Å². The van der Waals surface area contributed by atoms with Crippen LogP contribution in [0, 0.1) is 18.6 Å². The molecule has 9 heteroatoms. The van der Waals surface area contributed by atoms with Gasteiger partial charge in [0.25, 0.3) is 0 Å². The minimum Gasteiger partial charge on any atom is -0.354 e. The first kappa shape index (κ1) is 18.3. The fourth-order valence-electron chi connectivity index (χ4n) is 3.07. The van der Waals surface area contributed by atoms with Gasteiger partial charge in [0.05, 0.1) is 0 Å². The Hall–Kier alpha value is -3.07. The van der Waals surface area contributed by atoms with Crippen molar-refractivity contribution in [3.05, 3.63) is 47.7 Å². The number of halogens is 2. The quantitative estimate of drug-likeness (QED) is 0.720. The van der Waals surface area contributed by atoms with Gasteiger partial charge in [-0.1, -0.05) is 0 Å². The number of aromatic amines is 1. The van der Waals surface area contributed by atoms with Gasteiger partial charge in [0.15, 0.2) is 23.3 Å². The third-order valence-corrected chi connectivity index (χ3v) is 4.68. The molecule has 7 nitrogen and oxygen atoms in total. The summed E-state index contributed by atoms with van der Waals surface area (Å²) in [5.41, 5.74) is 1.33. The first-order valence-corrected chi connectivity index (χ1v) is 9.05. The van der Waals surface area contributed by atoms with Crippen molar-refractivity contribution in [2.75, 3.05) is 43.4 Å². The second-order valence-corrected chi connectivity index (χ2v) is 6.92. The number of nitrogens with one attached hydrogen (secondary N) is 2. The number of nitrogens with zero attached hydrogens (tertiary/aromatic N) is 5. The molecule has 0 aliphatic carbocycles. The molecule has 0 amide bonds. The third-order valence-electron chi connectivity index (χ3n) is 4.68. The molecule has 0 spiro atoms. The van der Waals surface area contributed by atoms with Gasteiger partial charge in [-0.3, -0.25) is 5.10 Å². The zero-order chi connectivity index (χ0) is 19.7. The van der Waals surface area contributed by atoms with E-state index in [1.54, 1.807) is 0 Å². The molecule has 0 atom stereocenters.